The molecule has 6 nitrogen and oxygen atoms in total. The minimum absolute atomic E-state index is 0.0347. The van der Waals surface area contributed by atoms with Crippen LogP contribution in [0.2, 0.25) is 0 Å². The van der Waals surface area contributed by atoms with Crippen LogP contribution < -0.4 is 10.2 Å². The molecule has 0 bridgehead atoms. The van der Waals surface area contributed by atoms with Crippen LogP contribution in [0.4, 0.5) is 10.1 Å². The Labute approximate surface area is 209 Å². The average molecular weight is 485 g/mol. The number of carbonyl (C=O) groups is 2. The first-order valence-electron chi connectivity index (χ1n) is 13.8. The van der Waals surface area contributed by atoms with Crippen molar-refractivity contribution in [3.05, 3.63) is 29.6 Å². The van der Waals surface area contributed by atoms with Gasteiger partial charge in [0, 0.05) is 63.3 Å². The molecule has 1 saturated carbocycles. The highest BCUT2D eigenvalue weighted by Crippen LogP contribution is 2.37. The zero-order chi connectivity index (χ0) is 24.4. The van der Waals surface area contributed by atoms with Crippen LogP contribution in [0.3, 0.4) is 0 Å². The highest BCUT2D eigenvalue weighted by Gasteiger charge is 2.38. The van der Waals surface area contributed by atoms with Crippen LogP contribution in [0.1, 0.15) is 69.3 Å². The van der Waals surface area contributed by atoms with Gasteiger partial charge in [0.1, 0.15) is 5.82 Å². The number of hydrogen-bond donors (Lipinski definition) is 1. The molecule has 3 saturated heterocycles. The Hall–Kier alpha value is -2.15. The fourth-order valence-corrected chi connectivity index (χ4v) is 6.96. The molecule has 4 aliphatic rings. The van der Waals surface area contributed by atoms with E-state index in [0.29, 0.717) is 11.9 Å². The Kier molecular flexibility index (Phi) is 7.61. The summed E-state index contributed by atoms with van der Waals surface area (Å²) in [6.45, 7) is 5.01. The van der Waals surface area contributed by atoms with Gasteiger partial charge in [0.15, 0.2) is 0 Å². The van der Waals surface area contributed by atoms with Gasteiger partial charge in [0.25, 0.3) is 0 Å². The smallest absolute Gasteiger partial charge is 0.227 e. The summed E-state index contributed by atoms with van der Waals surface area (Å²) < 4.78 is 14.3. The maximum atomic E-state index is 14.3. The van der Waals surface area contributed by atoms with E-state index < -0.39 is 0 Å². The van der Waals surface area contributed by atoms with Gasteiger partial charge in [0.05, 0.1) is 5.92 Å². The summed E-state index contributed by atoms with van der Waals surface area (Å²) in [5.74, 6) is 0.599. The van der Waals surface area contributed by atoms with Gasteiger partial charge in [-0.1, -0.05) is 25.3 Å². The number of amides is 2. The summed E-state index contributed by atoms with van der Waals surface area (Å²) in [6.07, 6.45) is 10.1. The largest absolute Gasteiger partial charge is 0.371 e. The Balaban J connectivity index is 1.21. The van der Waals surface area contributed by atoms with Crippen molar-refractivity contribution in [2.24, 2.45) is 11.8 Å². The average Bonchev–Trinajstić information content (AvgIpc) is 3.59. The van der Waals surface area contributed by atoms with Gasteiger partial charge in [-0.2, -0.15) is 0 Å². The highest BCUT2D eigenvalue weighted by molar-refractivity contribution is 5.80. The Morgan fingerprint density at radius 3 is 2.37 bits per heavy atom. The molecular formula is C28H41FN4O2. The molecule has 35 heavy (non-hydrogen) atoms. The molecule has 1 aliphatic carbocycles. The van der Waals surface area contributed by atoms with Crippen molar-refractivity contribution in [2.45, 2.75) is 69.7 Å². The lowest BCUT2D eigenvalue weighted by molar-refractivity contribution is -0.134. The zero-order valence-corrected chi connectivity index (χ0v) is 21.2. The van der Waals surface area contributed by atoms with Crippen LogP contribution in [0.5, 0.6) is 0 Å². The highest BCUT2D eigenvalue weighted by atomic mass is 19.1. The zero-order valence-electron chi connectivity index (χ0n) is 21.2. The number of halogens is 1. The third-order valence-electron chi connectivity index (χ3n) is 9.05. The van der Waals surface area contributed by atoms with Crippen molar-refractivity contribution in [1.29, 1.82) is 0 Å². The van der Waals surface area contributed by atoms with E-state index in [1.165, 1.54) is 32.1 Å². The Morgan fingerprint density at radius 1 is 0.886 bits per heavy atom. The number of hydrogen-bond acceptors (Lipinski definition) is 4. The van der Waals surface area contributed by atoms with Crippen molar-refractivity contribution in [1.82, 2.24) is 15.1 Å². The SMILES string of the molecule is CNC(=O)C1CCN(c2cc(F)ccc2C2CCN(C(=O)C3CCN(C4CCCCC4)C3)C2)CC1. The van der Waals surface area contributed by atoms with Gasteiger partial charge < -0.3 is 15.1 Å². The van der Waals surface area contributed by atoms with E-state index in [0.717, 1.165) is 76.2 Å². The number of benzene rings is 1. The fourth-order valence-electron chi connectivity index (χ4n) is 6.96. The second-order valence-electron chi connectivity index (χ2n) is 11.1. The summed E-state index contributed by atoms with van der Waals surface area (Å²) in [5, 5.41) is 2.76. The van der Waals surface area contributed by atoms with E-state index in [-0.39, 0.29) is 29.5 Å². The predicted octanol–water partition coefficient (Wildman–Crippen LogP) is 3.76. The van der Waals surface area contributed by atoms with Crippen LogP contribution >= 0.6 is 0 Å². The maximum absolute atomic E-state index is 14.3. The van der Waals surface area contributed by atoms with Gasteiger partial charge >= 0.3 is 0 Å². The lowest BCUT2D eigenvalue weighted by atomic mass is 9.92. The Bertz CT molecular complexity index is 910. The van der Waals surface area contributed by atoms with Crippen molar-refractivity contribution in [3.8, 4) is 0 Å². The lowest BCUT2D eigenvalue weighted by Crippen LogP contribution is -2.40. The topological polar surface area (TPSA) is 55.9 Å². The van der Waals surface area contributed by atoms with Crippen molar-refractivity contribution >= 4 is 17.5 Å². The first-order valence-corrected chi connectivity index (χ1v) is 13.8. The van der Waals surface area contributed by atoms with Crippen LogP contribution in [0.25, 0.3) is 0 Å². The van der Waals surface area contributed by atoms with E-state index >= 15 is 0 Å². The van der Waals surface area contributed by atoms with E-state index in [1.54, 1.807) is 19.2 Å². The molecule has 3 heterocycles. The van der Waals surface area contributed by atoms with E-state index in [1.807, 2.05) is 6.07 Å². The molecule has 0 spiro atoms. The third-order valence-corrected chi connectivity index (χ3v) is 9.05. The number of nitrogens with one attached hydrogen (secondary N) is 1. The number of anilines is 1. The first-order chi connectivity index (χ1) is 17.0. The predicted molar refractivity (Wildman–Crippen MR) is 136 cm³/mol. The molecule has 2 unspecified atom stereocenters. The van der Waals surface area contributed by atoms with Crippen LogP contribution in [-0.2, 0) is 9.59 Å². The van der Waals surface area contributed by atoms with Gasteiger partial charge in [0.2, 0.25) is 11.8 Å². The Morgan fingerprint density at radius 2 is 1.63 bits per heavy atom. The van der Waals surface area contributed by atoms with Crippen molar-refractivity contribution in [2.75, 3.05) is 51.2 Å². The molecule has 1 aromatic rings. The molecule has 2 amide bonds. The first kappa shape index (κ1) is 24.5. The molecular weight excluding hydrogens is 443 g/mol. The fraction of sp³-hybridized carbons (Fsp3) is 0.714. The quantitative estimate of drug-likeness (QED) is 0.692. The summed E-state index contributed by atoms with van der Waals surface area (Å²) in [7, 11) is 1.69. The van der Waals surface area contributed by atoms with Gasteiger partial charge in [-0.25, -0.2) is 4.39 Å². The molecule has 7 heteroatoms. The second kappa shape index (κ2) is 10.9. The normalized spacial score (nSPS) is 26.9. The van der Waals surface area contributed by atoms with Gasteiger partial charge in [-0.3, -0.25) is 14.5 Å². The standard InChI is InChI=1S/C28H41FN4O2/c1-30-27(34)20-9-13-31(14-10-20)26-17-23(29)7-8-25(26)21-11-16-33(18-21)28(35)22-12-15-32(19-22)24-5-3-2-4-6-24/h7-8,17,20-22,24H,2-6,9-16,18-19H2,1H3,(H,30,34). The van der Waals surface area contributed by atoms with E-state index in [4.69, 9.17) is 0 Å². The number of nitrogens with zero attached hydrogens (tertiary/aromatic N) is 3. The van der Waals surface area contributed by atoms with Crippen LogP contribution in [0, 0.1) is 17.7 Å². The number of carbonyl (C=O) groups excluding carboxylic acids is 2. The summed E-state index contributed by atoms with van der Waals surface area (Å²) in [5.41, 5.74) is 2.10. The molecule has 0 radical (unpaired) electrons. The summed E-state index contributed by atoms with van der Waals surface area (Å²) in [4.78, 5) is 32.3. The van der Waals surface area contributed by atoms with Crippen LogP contribution in [0.15, 0.2) is 18.2 Å². The number of rotatable bonds is 5. The lowest BCUT2D eigenvalue weighted by Gasteiger charge is -2.35. The molecule has 0 aromatic heterocycles. The van der Waals surface area contributed by atoms with E-state index in [9.17, 15) is 14.0 Å². The third kappa shape index (κ3) is 5.35. The number of likely N-dealkylation sites (tertiary alicyclic amines) is 2. The van der Waals surface area contributed by atoms with Gasteiger partial charge in [-0.15, -0.1) is 0 Å². The van der Waals surface area contributed by atoms with Crippen molar-refractivity contribution < 1.29 is 14.0 Å². The molecule has 4 fully saturated rings. The molecule has 1 N–H and O–H groups in total. The summed E-state index contributed by atoms with van der Waals surface area (Å²) >= 11 is 0. The molecule has 5 rings (SSSR count). The summed E-state index contributed by atoms with van der Waals surface area (Å²) in [6, 6.07) is 5.81. The molecule has 1 aromatic carbocycles. The van der Waals surface area contributed by atoms with E-state index in [2.05, 4.69) is 20.0 Å². The minimum Gasteiger partial charge on any atom is -0.371 e. The van der Waals surface area contributed by atoms with Crippen molar-refractivity contribution in [3.63, 3.8) is 0 Å². The molecule has 2 atom stereocenters. The van der Waals surface area contributed by atoms with Gasteiger partial charge in [-0.05, 0) is 62.8 Å². The maximum Gasteiger partial charge on any atom is 0.227 e. The minimum atomic E-state index is -0.225. The molecule has 3 aliphatic heterocycles. The monoisotopic (exact) mass is 484 g/mol. The second-order valence-corrected chi connectivity index (χ2v) is 11.1. The molecule has 192 valence electrons. The number of piperidine rings is 1. The van der Waals surface area contributed by atoms with Crippen LogP contribution in [-0.4, -0.2) is 74.0 Å².